The molecule has 2 amide bonds. The molecule has 2 aliphatic heterocycles. The SMILES string of the molecule is CN(Cc1ccccc1)C(=O)c1ccc(N2CC3CC(C2)c2cccc(=O)n2C3)c(NC(=O)c2ccc(Br)o2)c1. The van der Waals surface area contributed by atoms with Crippen LogP contribution >= 0.6 is 15.9 Å². The molecule has 0 radical (unpaired) electrons. The molecule has 2 aromatic heterocycles. The maximum Gasteiger partial charge on any atom is 0.291 e. The molecule has 4 heterocycles. The summed E-state index contributed by atoms with van der Waals surface area (Å²) in [5, 5.41) is 2.99. The van der Waals surface area contributed by atoms with E-state index >= 15 is 0 Å². The first-order valence-corrected chi connectivity index (χ1v) is 14.1. The summed E-state index contributed by atoms with van der Waals surface area (Å²) in [6.07, 6.45) is 1.02. The molecule has 2 aliphatic rings. The Kier molecular flexibility index (Phi) is 7.06. The predicted molar refractivity (Wildman–Crippen MR) is 157 cm³/mol. The Morgan fingerprint density at radius 3 is 2.60 bits per heavy atom. The molecule has 2 bridgehead atoms. The van der Waals surface area contributed by atoms with Crippen molar-refractivity contribution >= 4 is 39.1 Å². The molecule has 204 valence electrons. The van der Waals surface area contributed by atoms with Crippen LogP contribution in [0.2, 0.25) is 0 Å². The van der Waals surface area contributed by atoms with E-state index < -0.39 is 5.91 Å². The van der Waals surface area contributed by atoms with Gasteiger partial charge in [-0.25, -0.2) is 0 Å². The van der Waals surface area contributed by atoms with Crippen molar-refractivity contribution < 1.29 is 14.0 Å². The molecule has 9 heteroatoms. The minimum atomic E-state index is -0.400. The van der Waals surface area contributed by atoms with Gasteiger partial charge in [0, 0.05) is 56.5 Å². The van der Waals surface area contributed by atoms with Crippen molar-refractivity contribution in [3.8, 4) is 0 Å². The highest BCUT2D eigenvalue weighted by molar-refractivity contribution is 9.10. The number of aromatic nitrogens is 1. The minimum absolute atomic E-state index is 0.0423. The molecule has 4 aromatic rings. The van der Waals surface area contributed by atoms with Crippen LogP contribution in [-0.4, -0.2) is 41.4 Å². The molecular formula is C31H29BrN4O4. The lowest BCUT2D eigenvalue weighted by atomic mass is 9.83. The number of anilines is 2. The Balaban J connectivity index is 1.31. The van der Waals surface area contributed by atoms with E-state index in [0.29, 0.717) is 41.5 Å². The predicted octanol–water partition coefficient (Wildman–Crippen LogP) is 5.35. The number of furan rings is 1. The van der Waals surface area contributed by atoms with Crippen LogP contribution < -0.4 is 15.8 Å². The van der Waals surface area contributed by atoms with Gasteiger partial charge in [-0.2, -0.15) is 0 Å². The molecule has 2 unspecified atom stereocenters. The summed E-state index contributed by atoms with van der Waals surface area (Å²) in [4.78, 5) is 43.0. The van der Waals surface area contributed by atoms with E-state index in [1.165, 1.54) is 0 Å². The number of nitrogens with zero attached hydrogens (tertiary/aromatic N) is 3. The number of amides is 2. The van der Waals surface area contributed by atoms with Crippen molar-refractivity contribution in [1.82, 2.24) is 9.47 Å². The van der Waals surface area contributed by atoms with Gasteiger partial charge in [-0.3, -0.25) is 14.4 Å². The van der Waals surface area contributed by atoms with E-state index in [4.69, 9.17) is 4.42 Å². The molecule has 0 spiro atoms. The van der Waals surface area contributed by atoms with Crippen LogP contribution in [0.5, 0.6) is 0 Å². The number of benzene rings is 2. The van der Waals surface area contributed by atoms with E-state index in [-0.39, 0.29) is 23.1 Å². The Labute approximate surface area is 240 Å². The molecule has 40 heavy (non-hydrogen) atoms. The Hall–Kier alpha value is -4.11. The average Bonchev–Trinajstić information content (AvgIpc) is 3.40. The third-order valence-electron chi connectivity index (χ3n) is 7.72. The Bertz CT molecular complexity index is 1630. The van der Waals surface area contributed by atoms with Crippen LogP contribution in [0, 0.1) is 5.92 Å². The van der Waals surface area contributed by atoms with Gasteiger partial charge in [0.15, 0.2) is 10.4 Å². The van der Waals surface area contributed by atoms with Gasteiger partial charge >= 0.3 is 0 Å². The number of rotatable bonds is 6. The maximum atomic E-state index is 13.4. The lowest BCUT2D eigenvalue weighted by Gasteiger charge is -2.44. The highest BCUT2D eigenvalue weighted by Crippen LogP contribution is 2.39. The molecule has 0 saturated carbocycles. The van der Waals surface area contributed by atoms with E-state index in [0.717, 1.165) is 29.9 Å². The summed E-state index contributed by atoms with van der Waals surface area (Å²) in [5.74, 6) is 0.122. The van der Waals surface area contributed by atoms with Crippen molar-refractivity contribution in [2.24, 2.45) is 5.92 Å². The normalized spacial score (nSPS) is 17.7. The summed E-state index contributed by atoms with van der Waals surface area (Å²) in [5.41, 5.74) is 3.98. The zero-order valence-corrected chi connectivity index (χ0v) is 23.6. The fraction of sp³-hybridized carbons (Fsp3) is 0.258. The van der Waals surface area contributed by atoms with Crippen LogP contribution in [-0.2, 0) is 13.1 Å². The second kappa shape index (κ2) is 10.8. The fourth-order valence-electron chi connectivity index (χ4n) is 5.91. The van der Waals surface area contributed by atoms with Crippen molar-refractivity contribution in [3.63, 3.8) is 0 Å². The fourth-order valence-corrected chi connectivity index (χ4v) is 6.21. The number of hydrogen-bond donors (Lipinski definition) is 1. The largest absolute Gasteiger partial charge is 0.444 e. The number of halogens is 1. The number of fused-ring (bicyclic) bond motifs is 4. The number of piperidine rings is 1. The van der Waals surface area contributed by atoms with Crippen molar-refractivity contribution in [2.45, 2.75) is 25.4 Å². The topological polar surface area (TPSA) is 87.8 Å². The average molecular weight is 602 g/mol. The monoisotopic (exact) mass is 600 g/mol. The van der Waals surface area contributed by atoms with E-state index in [2.05, 4.69) is 26.1 Å². The van der Waals surface area contributed by atoms with Crippen molar-refractivity contribution in [2.75, 3.05) is 30.4 Å². The first-order chi connectivity index (χ1) is 19.4. The number of carbonyl (C=O) groups excluding carboxylic acids is 2. The second-order valence-electron chi connectivity index (χ2n) is 10.5. The van der Waals surface area contributed by atoms with Crippen LogP contribution in [0.3, 0.4) is 0 Å². The van der Waals surface area contributed by atoms with Gasteiger partial charge in [0.2, 0.25) is 0 Å². The first kappa shape index (κ1) is 26.1. The van der Waals surface area contributed by atoms with Gasteiger partial charge < -0.3 is 24.1 Å². The first-order valence-electron chi connectivity index (χ1n) is 13.3. The van der Waals surface area contributed by atoms with Gasteiger partial charge in [0.25, 0.3) is 17.4 Å². The minimum Gasteiger partial charge on any atom is -0.444 e. The summed E-state index contributed by atoms with van der Waals surface area (Å²) in [7, 11) is 1.77. The summed E-state index contributed by atoms with van der Waals surface area (Å²) >= 11 is 3.25. The van der Waals surface area contributed by atoms with Gasteiger partial charge in [-0.1, -0.05) is 36.4 Å². The molecule has 6 rings (SSSR count). The highest BCUT2D eigenvalue weighted by atomic mass is 79.9. The molecule has 8 nitrogen and oxygen atoms in total. The molecule has 1 N–H and O–H groups in total. The maximum absolute atomic E-state index is 13.4. The molecule has 2 atom stereocenters. The van der Waals surface area contributed by atoms with Crippen LogP contribution in [0.15, 0.2) is 92.7 Å². The zero-order chi connectivity index (χ0) is 27.8. The smallest absolute Gasteiger partial charge is 0.291 e. The summed E-state index contributed by atoms with van der Waals surface area (Å²) in [6, 6.07) is 24.0. The lowest BCUT2D eigenvalue weighted by molar-refractivity contribution is 0.0784. The summed E-state index contributed by atoms with van der Waals surface area (Å²) in [6.45, 7) is 2.59. The lowest BCUT2D eigenvalue weighted by Crippen LogP contribution is -2.47. The number of carbonyl (C=O) groups is 2. The molecule has 2 aromatic carbocycles. The van der Waals surface area contributed by atoms with Crippen molar-refractivity contribution in [3.05, 3.63) is 116 Å². The Morgan fingerprint density at radius 1 is 1.00 bits per heavy atom. The third kappa shape index (κ3) is 5.21. The molecule has 1 saturated heterocycles. The number of hydrogen-bond acceptors (Lipinski definition) is 5. The number of nitrogens with one attached hydrogen (secondary N) is 1. The second-order valence-corrected chi connectivity index (χ2v) is 11.3. The quantitative estimate of drug-likeness (QED) is 0.322. The molecule has 0 aliphatic carbocycles. The third-order valence-corrected chi connectivity index (χ3v) is 8.14. The van der Waals surface area contributed by atoms with Gasteiger partial charge in [-0.05, 0) is 70.2 Å². The van der Waals surface area contributed by atoms with E-state index in [9.17, 15) is 14.4 Å². The van der Waals surface area contributed by atoms with Crippen LogP contribution in [0.25, 0.3) is 0 Å². The summed E-state index contributed by atoms with van der Waals surface area (Å²) < 4.78 is 7.84. The van der Waals surface area contributed by atoms with Gasteiger partial charge in [0.05, 0.1) is 11.4 Å². The van der Waals surface area contributed by atoms with Gasteiger partial charge in [0.1, 0.15) is 0 Å². The van der Waals surface area contributed by atoms with E-state index in [1.54, 1.807) is 36.2 Å². The highest BCUT2D eigenvalue weighted by Gasteiger charge is 2.35. The Morgan fingerprint density at radius 2 is 1.82 bits per heavy atom. The zero-order valence-electron chi connectivity index (χ0n) is 22.0. The van der Waals surface area contributed by atoms with Crippen LogP contribution in [0.4, 0.5) is 11.4 Å². The molecular weight excluding hydrogens is 572 g/mol. The number of pyridine rings is 1. The van der Waals surface area contributed by atoms with E-state index in [1.807, 2.05) is 59.2 Å². The standard InChI is InChI=1S/C31H29BrN4O4/c1-34(16-20-6-3-2-4-7-20)31(39)22-10-11-26(24(15-22)33-30(38)27-12-13-28(32)40-27)35-17-21-14-23(19-35)25-8-5-9-29(37)36(25)18-21/h2-13,15,21,23H,14,16-19H2,1H3,(H,33,38). The van der Waals surface area contributed by atoms with Gasteiger partial charge in [-0.15, -0.1) is 0 Å². The molecule has 1 fully saturated rings. The van der Waals surface area contributed by atoms with Crippen LogP contribution in [0.1, 0.15) is 44.5 Å². The van der Waals surface area contributed by atoms with Crippen molar-refractivity contribution in [1.29, 1.82) is 0 Å².